The summed E-state index contributed by atoms with van der Waals surface area (Å²) in [6, 6.07) is 8.91. The molecule has 2 bridgehead atoms. The summed E-state index contributed by atoms with van der Waals surface area (Å²) in [6.45, 7) is 4.31. The number of hydrogen-bond donors (Lipinski definition) is 1. The van der Waals surface area contributed by atoms with Crippen LogP contribution in [0.1, 0.15) is 30.3 Å². The van der Waals surface area contributed by atoms with Gasteiger partial charge in [-0.3, -0.25) is 14.4 Å². The Hall–Kier alpha value is -1.92. The third-order valence-corrected chi connectivity index (χ3v) is 5.39. The molecule has 0 spiro atoms. The predicted molar refractivity (Wildman–Crippen MR) is 92.1 cm³/mol. The molecule has 2 aliphatic rings. The van der Waals surface area contributed by atoms with Gasteiger partial charge in [-0.05, 0) is 32.9 Å². The number of hydrogen-bond acceptors (Lipinski definition) is 4. The van der Waals surface area contributed by atoms with Gasteiger partial charge >= 0.3 is 0 Å². The van der Waals surface area contributed by atoms with Crippen molar-refractivity contribution in [3.8, 4) is 0 Å². The van der Waals surface area contributed by atoms with Crippen LogP contribution in [0.25, 0.3) is 10.9 Å². The first-order chi connectivity index (χ1) is 11.7. The molecule has 6 nitrogen and oxygen atoms in total. The Morgan fingerprint density at radius 1 is 1.29 bits per heavy atom. The predicted octanol–water partition coefficient (Wildman–Crippen LogP) is 1.65. The van der Waals surface area contributed by atoms with Gasteiger partial charge in [-0.2, -0.15) is 5.10 Å². The van der Waals surface area contributed by atoms with E-state index in [1.807, 2.05) is 35.9 Å². The maximum absolute atomic E-state index is 12.8. The summed E-state index contributed by atoms with van der Waals surface area (Å²) in [5, 5.41) is 8.67. The lowest BCUT2D eigenvalue weighted by atomic mass is 9.90. The summed E-state index contributed by atoms with van der Waals surface area (Å²) >= 11 is 0. The number of carbonyl (C=O) groups excluding carboxylic acids is 1. The number of ether oxygens (including phenoxy) is 1. The smallest absolute Gasteiger partial charge is 0.272 e. The maximum atomic E-state index is 12.8. The number of aromatic nitrogens is 2. The van der Waals surface area contributed by atoms with Gasteiger partial charge in [-0.25, -0.2) is 0 Å². The van der Waals surface area contributed by atoms with E-state index in [2.05, 4.69) is 22.4 Å². The van der Waals surface area contributed by atoms with E-state index in [-0.39, 0.29) is 11.9 Å². The van der Waals surface area contributed by atoms with E-state index in [4.69, 9.17) is 4.74 Å². The van der Waals surface area contributed by atoms with Crippen molar-refractivity contribution in [2.24, 2.45) is 0 Å². The van der Waals surface area contributed by atoms with Gasteiger partial charge in [0.2, 0.25) is 0 Å². The number of aryl methyl sites for hydroxylation is 1. The van der Waals surface area contributed by atoms with Crippen molar-refractivity contribution in [2.75, 3.05) is 20.3 Å². The average molecular weight is 328 g/mol. The van der Waals surface area contributed by atoms with E-state index in [0.29, 0.717) is 17.8 Å². The molecule has 1 aromatic carbocycles. The fourth-order valence-electron chi connectivity index (χ4n) is 4.00. The highest BCUT2D eigenvalue weighted by Crippen LogP contribution is 2.26. The molecule has 1 aromatic heterocycles. The van der Waals surface area contributed by atoms with Crippen molar-refractivity contribution in [1.29, 1.82) is 0 Å². The normalized spacial score (nSPS) is 27.3. The molecule has 2 saturated heterocycles. The van der Waals surface area contributed by atoms with Crippen LogP contribution in [0.15, 0.2) is 24.3 Å². The number of benzene rings is 1. The van der Waals surface area contributed by atoms with Gasteiger partial charge in [0.1, 0.15) is 0 Å². The highest BCUT2D eigenvalue weighted by Gasteiger charge is 2.37. The fourth-order valence-corrected chi connectivity index (χ4v) is 4.00. The van der Waals surface area contributed by atoms with Gasteiger partial charge in [0.15, 0.2) is 5.69 Å². The lowest BCUT2D eigenvalue weighted by Crippen LogP contribution is -2.59. The number of piperidine rings is 1. The third kappa shape index (κ3) is 2.59. The quantitative estimate of drug-likeness (QED) is 0.931. The first-order valence-electron chi connectivity index (χ1n) is 8.73. The van der Waals surface area contributed by atoms with Crippen molar-refractivity contribution in [1.82, 2.24) is 20.0 Å². The van der Waals surface area contributed by atoms with Gasteiger partial charge in [0.05, 0.1) is 18.7 Å². The largest absolute Gasteiger partial charge is 0.378 e. The summed E-state index contributed by atoms with van der Waals surface area (Å²) in [4.78, 5) is 15.2. The van der Waals surface area contributed by atoms with E-state index in [9.17, 15) is 4.79 Å². The molecular weight excluding hydrogens is 304 g/mol. The Balaban J connectivity index is 1.55. The molecule has 2 fully saturated rings. The van der Waals surface area contributed by atoms with Gasteiger partial charge < -0.3 is 10.1 Å². The molecule has 3 heterocycles. The van der Waals surface area contributed by atoms with Crippen molar-refractivity contribution in [3.63, 3.8) is 0 Å². The summed E-state index contributed by atoms with van der Waals surface area (Å²) in [5.41, 5.74) is 1.55. The van der Waals surface area contributed by atoms with Gasteiger partial charge in [0, 0.05) is 30.1 Å². The summed E-state index contributed by atoms with van der Waals surface area (Å²) in [7, 11) is 2.16. The number of fused-ring (bicyclic) bond motifs is 3. The first-order valence-corrected chi connectivity index (χ1v) is 8.73. The lowest BCUT2D eigenvalue weighted by Gasteiger charge is -2.46. The van der Waals surface area contributed by atoms with Crippen LogP contribution < -0.4 is 5.32 Å². The molecule has 0 saturated carbocycles. The van der Waals surface area contributed by atoms with Crippen LogP contribution in [0.2, 0.25) is 0 Å². The fraction of sp³-hybridized carbons (Fsp3) is 0.556. The number of likely N-dealkylation sites (N-methyl/N-ethyl adjacent to an activating group) is 1. The van der Waals surface area contributed by atoms with Gasteiger partial charge in [0.25, 0.3) is 5.91 Å². The molecule has 0 aliphatic carbocycles. The maximum Gasteiger partial charge on any atom is 0.272 e. The monoisotopic (exact) mass is 328 g/mol. The van der Waals surface area contributed by atoms with E-state index < -0.39 is 0 Å². The number of para-hydroxylation sites is 1. The molecule has 6 heteroatoms. The minimum Gasteiger partial charge on any atom is -0.378 e. The van der Waals surface area contributed by atoms with E-state index in [1.54, 1.807) is 0 Å². The van der Waals surface area contributed by atoms with Gasteiger partial charge in [-0.15, -0.1) is 0 Å². The second kappa shape index (κ2) is 6.18. The van der Waals surface area contributed by atoms with Crippen LogP contribution in [0.4, 0.5) is 0 Å². The SMILES string of the molecule is CCn1nc(C(=O)NC2CC3COCC(C2)N3C)c2ccccc21. The van der Waals surface area contributed by atoms with Crippen LogP contribution >= 0.6 is 0 Å². The second-order valence-corrected chi connectivity index (χ2v) is 6.83. The topological polar surface area (TPSA) is 59.4 Å². The number of carbonyl (C=O) groups is 1. The van der Waals surface area contributed by atoms with Crippen LogP contribution in [0.3, 0.4) is 0 Å². The number of nitrogens with zero attached hydrogens (tertiary/aromatic N) is 3. The standard InChI is InChI=1S/C18H24N4O2/c1-3-22-16-7-5-4-6-15(16)17(20-22)18(23)19-12-8-13-10-24-11-14(9-12)21(13)2/h4-7,12-14H,3,8-11H2,1-2H3,(H,19,23). The van der Waals surface area contributed by atoms with Crippen molar-refractivity contribution in [2.45, 2.75) is 44.4 Å². The molecule has 1 N–H and O–H groups in total. The Kier molecular flexibility index (Phi) is 4.02. The molecule has 2 unspecified atom stereocenters. The summed E-state index contributed by atoms with van der Waals surface area (Å²) in [6.07, 6.45) is 1.87. The number of nitrogens with one attached hydrogen (secondary N) is 1. The molecule has 128 valence electrons. The van der Waals surface area contributed by atoms with Crippen molar-refractivity contribution in [3.05, 3.63) is 30.0 Å². The molecule has 1 amide bonds. The number of amides is 1. The Bertz CT molecular complexity index is 743. The first kappa shape index (κ1) is 15.6. The Morgan fingerprint density at radius 2 is 2.00 bits per heavy atom. The minimum absolute atomic E-state index is 0.0630. The van der Waals surface area contributed by atoms with Crippen molar-refractivity contribution >= 4 is 16.8 Å². The number of morpholine rings is 1. The summed E-state index contributed by atoms with van der Waals surface area (Å²) in [5.74, 6) is -0.0630. The molecule has 24 heavy (non-hydrogen) atoms. The van der Waals surface area contributed by atoms with Gasteiger partial charge in [-0.1, -0.05) is 18.2 Å². The minimum atomic E-state index is -0.0630. The average Bonchev–Trinajstić information content (AvgIpc) is 2.95. The van der Waals surface area contributed by atoms with Crippen LogP contribution in [0.5, 0.6) is 0 Å². The van der Waals surface area contributed by atoms with Crippen LogP contribution in [-0.4, -0.2) is 59.0 Å². The Morgan fingerprint density at radius 3 is 2.71 bits per heavy atom. The van der Waals surface area contributed by atoms with Crippen LogP contribution in [-0.2, 0) is 11.3 Å². The molecule has 2 aromatic rings. The highest BCUT2D eigenvalue weighted by molar-refractivity contribution is 6.04. The lowest BCUT2D eigenvalue weighted by molar-refractivity contribution is -0.0670. The highest BCUT2D eigenvalue weighted by atomic mass is 16.5. The molecule has 0 radical (unpaired) electrons. The third-order valence-electron chi connectivity index (χ3n) is 5.39. The zero-order valence-electron chi connectivity index (χ0n) is 14.2. The second-order valence-electron chi connectivity index (χ2n) is 6.83. The molecule has 2 aliphatic heterocycles. The van der Waals surface area contributed by atoms with E-state index in [1.165, 1.54) is 0 Å². The van der Waals surface area contributed by atoms with E-state index in [0.717, 1.165) is 43.5 Å². The van der Waals surface area contributed by atoms with E-state index >= 15 is 0 Å². The van der Waals surface area contributed by atoms with Crippen LogP contribution in [0, 0.1) is 0 Å². The Labute approximate surface area is 141 Å². The number of rotatable bonds is 3. The molecular formula is C18H24N4O2. The zero-order chi connectivity index (χ0) is 16.7. The molecule has 4 rings (SSSR count). The van der Waals surface area contributed by atoms with Crippen molar-refractivity contribution < 1.29 is 9.53 Å². The zero-order valence-corrected chi connectivity index (χ0v) is 14.2. The molecule has 2 atom stereocenters. The summed E-state index contributed by atoms with van der Waals surface area (Å²) < 4.78 is 7.54.